The van der Waals surface area contributed by atoms with Crippen molar-refractivity contribution in [3.8, 4) is 5.82 Å². The van der Waals surface area contributed by atoms with Crippen LogP contribution in [0.25, 0.3) is 5.82 Å². The Labute approximate surface area is 127 Å². The second-order valence-electron chi connectivity index (χ2n) is 6.10. The summed E-state index contributed by atoms with van der Waals surface area (Å²) in [5.41, 5.74) is 3.84. The van der Waals surface area contributed by atoms with Gasteiger partial charge in [-0.3, -0.25) is 4.90 Å². The maximum atomic E-state index is 4.72. The van der Waals surface area contributed by atoms with Gasteiger partial charge in [0.15, 0.2) is 0 Å². The minimum absolute atomic E-state index is 0.568. The van der Waals surface area contributed by atoms with Crippen molar-refractivity contribution in [1.82, 2.24) is 14.5 Å². The predicted octanol–water partition coefficient (Wildman–Crippen LogP) is 4.04. The molecule has 112 valence electrons. The molecule has 21 heavy (non-hydrogen) atoms. The van der Waals surface area contributed by atoms with E-state index in [1.54, 1.807) is 0 Å². The zero-order valence-electron chi connectivity index (χ0n) is 13.3. The van der Waals surface area contributed by atoms with Gasteiger partial charge in [0.05, 0.1) is 0 Å². The summed E-state index contributed by atoms with van der Waals surface area (Å²) in [5.74, 6) is 1.03. The van der Waals surface area contributed by atoms with Crippen LogP contribution in [0.15, 0.2) is 30.5 Å². The third kappa shape index (κ3) is 2.75. The van der Waals surface area contributed by atoms with E-state index in [1.165, 1.54) is 49.3 Å². The van der Waals surface area contributed by atoms with E-state index < -0.39 is 0 Å². The molecule has 0 spiro atoms. The Kier molecular flexibility index (Phi) is 4.11. The first-order valence-electron chi connectivity index (χ1n) is 8.06. The molecular weight excluding hydrogens is 258 g/mol. The van der Waals surface area contributed by atoms with Crippen LogP contribution in [0.4, 0.5) is 0 Å². The summed E-state index contributed by atoms with van der Waals surface area (Å²) in [6.45, 7) is 8.94. The first kappa shape index (κ1) is 14.3. The number of aryl methyl sites for hydroxylation is 2. The van der Waals surface area contributed by atoms with Gasteiger partial charge in [-0.2, -0.15) is 0 Å². The van der Waals surface area contributed by atoms with Crippen LogP contribution in [0, 0.1) is 13.8 Å². The van der Waals surface area contributed by atoms with Gasteiger partial charge in [-0.1, -0.05) is 13.0 Å². The summed E-state index contributed by atoms with van der Waals surface area (Å²) < 4.78 is 2.21. The average molecular weight is 283 g/mol. The molecule has 0 radical (unpaired) electrons. The lowest BCUT2D eigenvalue weighted by Crippen LogP contribution is -2.24. The summed E-state index contributed by atoms with van der Waals surface area (Å²) in [6, 6.07) is 9.28. The molecule has 1 aliphatic heterocycles. The molecule has 0 unspecified atom stereocenters. The van der Waals surface area contributed by atoms with Crippen molar-refractivity contribution in [2.24, 2.45) is 0 Å². The van der Waals surface area contributed by atoms with E-state index in [-0.39, 0.29) is 0 Å². The van der Waals surface area contributed by atoms with Crippen molar-refractivity contribution in [2.45, 2.75) is 46.1 Å². The van der Waals surface area contributed by atoms with Crippen molar-refractivity contribution in [2.75, 3.05) is 13.1 Å². The zero-order valence-corrected chi connectivity index (χ0v) is 13.3. The molecule has 2 aromatic heterocycles. The third-order valence-corrected chi connectivity index (χ3v) is 4.53. The maximum Gasteiger partial charge on any atom is 0.136 e. The summed E-state index contributed by atoms with van der Waals surface area (Å²) in [7, 11) is 0. The Hall–Kier alpha value is -1.61. The summed E-state index contributed by atoms with van der Waals surface area (Å²) >= 11 is 0. The van der Waals surface area contributed by atoms with Crippen LogP contribution in [0.3, 0.4) is 0 Å². The van der Waals surface area contributed by atoms with Gasteiger partial charge in [0.2, 0.25) is 0 Å². The highest BCUT2D eigenvalue weighted by molar-refractivity contribution is 5.33. The van der Waals surface area contributed by atoms with Gasteiger partial charge in [-0.15, -0.1) is 0 Å². The van der Waals surface area contributed by atoms with E-state index in [0.717, 1.165) is 5.82 Å². The fourth-order valence-electron chi connectivity index (χ4n) is 3.52. The predicted molar refractivity (Wildman–Crippen MR) is 86.9 cm³/mol. The minimum Gasteiger partial charge on any atom is -0.303 e. The molecular formula is C18H25N3. The highest BCUT2D eigenvalue weighted by Gasteiger charge is 2.25. The molecule has 0 aromatic carbocycles. The standard InChI is InChI=1S/C18H25N3/c1-4-11-20-12-5-6-17(20)16-9-10-18(19-13-16)21-14(2)7-8-15(21)3/h7-10,13,17H,4-6,11-12H2,1-3H3/t17-/m1/s1. The Morgan fingerprint density at radius 3 is 2.52 bits per heavy atom. The van der Waals surface area contributed by atoms with E-state index in [4.69, 9.17) is 4.98 Å². The fraction of sp³-hybridized carbons (Fsp3) is 0.500. The van der Waals surface area contributed by atoms with Gasteiger partial charge in [0, 0.05) is 23.6 Å². The van der Waals surface area contributed by atoms with Crippen molar-refractivity contribution >= 4 is 0 Å². The quantitative estimate of drug-likeness (QED) is 0.844. The van der Waals surface area contributed by atoms with Crippen molar-refractivity contribution in [3.05, 3.63) is 47.4 Å². The Morgan fingerprint density at radius 1 is 1.14 bits per heavy atom. The molecule has 1 saturated heterocycles. The lowest BCUT2D eigenvalue weighted by molar-refractivity contribution is 0.257. The Bertz CT molecular complexity index is 578. The summed E-state index contributed by atoms with van der Waals surface area (Å²) in [5, 5.41) is 0. The molecule has 0 amide bonds. The molecule has 0 saturated carbocycles. The van der Waals surface area contributed by atoms with Crippen LogP contribution in [-0.2, 0) is 0 Å². The number of hydrogen-bond donors (Lipinski definition) is 0. The fourth-order valence-corrected chi connectivity index (χ4v) is 3.52. The number of aromatic nitrogens is 2. The van der Waals surface area contributed by atoms with Gasteiger partial charge in [0.25, 0.3) is 0 Å². The van der Waals surface area contributed by atoms with Gasteiger partial charge in [0.1, 0.15) is 5.82 Å². The van der Waals surface area contributed by atoms with Crippen LogP contribution < -0.4 is 0 Å². The maximum absolute atomic E-state index is 4.72. The Morgan fingerprint density at radius 2 is 1.90 bits per heavy atom. The summed E-state index contributed by atoms with van der Waals surface area (Å²) in [6.07, 6.45) is 5.88. The van der Waals surface area contributed by atoms with E-state index in [2.05, 4.69) is 60.7 Å². The molecule has 3 rings (SSSR count). The number of pyridine rings is 1. The van der Waals surface area contributed by atoms with Crippen molar-refractivity contribution < 1.29 is 0 Å². The molecule has 0 aliphatic carbocycles. The topological polar surface area (TPSA) is 21.1 Å². The van der Waals surface area contributed by atoms with Crippen molar-refractivity contribution in [1.29, 1.82) is 0 Å². The molecule has 1 fully saturated rings. The smallest absolute Gasteiger partial charge is 0.136 e. The summed E-state index contributed by atoms with van der Waals surface area (Å²) in [4.78, 5) is 7.32. The molecule has 3 heteroatoms. The first-order chi connectivity index (χ1) is 10.2. The van der Waals surface area contributed by atoms with Crippen molar-refractivity contribution in [3.63, 3.8) is 0 Å². The highest BCUT2D eigenvalue weighted by atomic mass is 15.2. The van der Waals surface area contributed by atoms with Crippen LogP contribution >= 0.6 is 0 Å². The molecule has 2 aromatic rings. The van der Waals surface area contributed by atoms with E-state index in [0.29, 0.717) is 6.04 Å². The minimum atomic E-state index is 0.568. The van der Waals surface area contributed by atoms with E-state index in [1.807, 2.05) is 0 Å². The molecule has 0 N–H and O–H groups in total. The second-order valence-corrected chi connectivity index (χ2v) is 6.10. The Balaban J connectivity index is 1.84. The number of rotatable bonds is 4. The molecule has 1 atom stereocenters. The lowest BCUT2D eigenvalue weighted by atomic mass is 10.1. The normalized spacial score (nSPS) is 19.3. The molecule has 0 bridgehead atoms. The highest BCUT2D eigenvalue weighted by Crippen LogP contribution is 2.31. The van der Waals surface area contributed by atoms with Gasteiger partial charge in [-0.05, 0) is 70.0 Å². The lowest BCUT2D eigenvalue weighted by Gasteiger charge is -2.24. The van der Waals surface area contributed by atoms with Crippen LogP contribution in [0.2, 0.25) is 0 Å². The number of likely N-dealkylation sites (tertiary alicyclic amines) is 1. The number of nitrogens with zero attached hydrogens (tertiary/aromatic N) is 3. The molecule has 3 nitrogen and oxygen atoms in total. The van der Waals surface area contributed by atoms with E-state index >= 15 is 0 Å². The molecule has 3 heterocycles. The van der Waals surface area contributed by atoms with Crippen LogP contribution in [0.5, 0.6) is 0 Å². The second kappa shape index (κ2) is 6.02. The van der Waals surface area contributed by atoms with Gasteiger partial charge in [-0.25, -0.2) is 4.98 Å². The molecule has 1 aliphatic rings. The average Bonchev–Trinajstić information content (AvgIpc) is 3.07. The van der Waals surface area contributed by atoms with E-state index in [9.17, 15) is 0 Å². The third-order valence-electron chi connectivity index (χ3n) is 4.53. The first-order valence-corrected chi connectivity index (χ1v) is 8.06. The monoisotopic (exact) mass is 283 g/mol. The van der Waals surface area contributed by atoms with Gasteiger partial charge < -0.3 is 4.57 Å². The number of hydrogen-bond acceptors (Lipinski definition) is 2. The van der Waals surface area contributed by atoms with Gasteiger partial charge >= 0.3 is 0 Å². The zero-order chi connectivity index (χ0) is 14.8. The largest absolute Gasteiger partial charge is 0.303 e. The van der Waals surface area contributed by atoms with Crippen LogP contribution in [-0.4, -0.2) is 27.5 Å². The van der Waals surface area contributed by atoms with Crippen LogP contribution in [0.1, 0.15) is 49.2 Å². The SMILES string of the molecule is CCCN1CCC[C@@H]1c1ccc(-n2c(C)ccc2C)nc1.